The molecule has 3 rings (SSSR count). The minimum absolute atomic E-state index is 0.137. The molecule has 6 heteroatoms. The van der Waals surface area contributed by atoms with Crippen LogP contribution >= 0.6 is 0 Å². The Morgan fingerprint density at radius 1 is 1.16 bits per heavy atom. The van der Waals surface area contributed by atoms with E-state index in [1.807, 2.05) is 31.2 Å². The highest BCUT2D eigenvalue weighted by atomic mass is 16.2. The van der Waals surface area contributed by atoms with Gasteiger partial charge in [-0.15, -0.1) is 0 Å². The van der Waals surface area contributed by atoms with Crippen LogP contribution in [0.1, 0.15) is 22.7 Å². The van der Waals surface area contributed by atoms with Crippen LogP contribution in [0.5, 0.6) is 0 Å². The van der Waals surface area contributed by atoms with Crippen molar-refractivity contribution in [2.75, 3.05) is 12.4 Å². The first kappa shape index (κ1) is 16.7. The quantitative estimate of drug-likeness (QED) is 0.841. The Morgan fingerprint density at radius 3 is 2.60 bits per heavy atom. The van der Waals surface area contributed by atoms with Crippen LogP contribution in [0.2, 0.25) is 0 Å². The number of imide groups is 1. The van der Waals surface area contributed by atoms with Gasteiger partial charge in [-0.05, 0) is 30.2 Å². The predicted molar refractivity (Wildman–Crippen MR) is 94.0 cm³/mol. The average Bonchev–Trinajstić information content (AvgIpc) is 2.82. The summed E-state index contributed by atoms with van der Waals surface area (Å²) in [6.07, 6.45) is 0.272. The first-order valence-corrected chi connectivity index (χ1v) is 7.97. The molecule has 0 saturated carbocycles. The highest BCUT2D eigenvalue weighted by Crippen LogP contribution is 2.23. The predicted octanol–water partition coefficient (Wildman–Crippen LogP) is 2.40. The minimum Gasteiger partial charge on any atom is -0.326 e. The lowest BCUT2D eigenvalue weighted by molar-refractivity contribution is -0.126. The van der Waals surface area contributed by atoms with E-state index in [9.17, 15) is 14.4 Å². The van der Waals surface area contributed by atoms with Crippen LogP contribution in [-0.2, 0) is 16.0 Å². The summed E-state index contributed by atoms with van der Waals surface area (Å²) in [5.41, 5.74) is 3.27. The highest BCUT2D eigenvalue weighted by molar-refractivity contribution is 6.04. The second-order valence-electron chi connectivity index (χ2n) is 6.12. The molecule has 1 aliphatic rings. The average molecular weight is 337 g/mol. The molecular weight excluding hydrogens is 318 g/mol. The molecule has 1 aliphatic heterocycles. The summed E-state index contributed by atoms with van der Waals surface area (Å²) >= 11 is 0. The Bertz CT molecular complexity index is 847. The van der Waals surface area contributed by atoms with Gasteiger partial charge in [0.1, 0.15) is 6.04 Å². The van der Waals surface area contributed by atoms with E-state index in [4.69, 9.17) is 0 Å². The summed E-state index contributed by atoms with van der Waals surface area (Å²) in [5, 5.41) is 5.46. The number of anilines is 1. The van der Waals surface area contributed by atoms with Crippen LogP contribution in [0.3, 0.4) is 0 Å². The smallest absolute Gasteiger partial charge is 0.324 e. The van der Waals surface area contributed by atoms with E-state index in [0.29, 0.717) is 11.3 Å². The molecule has 0 aliphatic carbocycles. The zero-order valence-electron chi connectivity index (χ0n) is 14.1. The largest absolute Gasteiger partial charge is 0.326 e. The van der Waals surface area contributed by atoms with Gasteiger partial charge in [-0.3, -0.25) is 14.5 Å². The van der Waals surface area contributed by atoms with Crippen molar-refractivity contribution in [1.29, 1.82) is 0 Å². The molecule has 0 radical (unpaired) electrons. The van der Waals surface area contributed by atoms with Gasteiger partial charge in [-0.2, -0.15) is 0 Å². The lowest BCUT2D eigenvalue weighted by atomic mass is 10.1. The second kappa shape index (κ2) is 6.76. The van der Waals surface area contributed by atoms with Gasteiger partial charge in [-0.1, -0.05) is 42.0 Å². The number of hydrogen-bond acceptors (Lipinski definition) is 3. The fourth-order valence-electron chi connectivity index (χ4n) is 2.81. The Balaban J connectivity index is 1.71. The number of amides is 4. The molecule has 2 aromatic rings. The van der Waals surface area contributed by atoms with Gasteiger partial charge in [0.05, 0.1) is 6.42 Å². The summed E-state index contributed by atoms with van der Waals surface area (Å²) < 4.78 is 0. The molecule has 1 fully saturated rings. The van der Waals surface area contributed by atoms with Crippen molar-refractivity contribution in [2.24, 2.45) is 0 Å². The van der Waals surface area contributed by atoms with E-state index in [1.54, 1.807) is 24.3 Å². The lowest BCUT2D eigenvalue weighted by Crippen LogP contribution is -2.25. The molecule has 0 bridgehead atoms. The molecule has 2 aromatic carbocycles. The van der Waals surface area contributed by atoms with Crippen LogP contribution in [-0.4, -0.2) is 29.8 Å². The Labute approximate surface area is 145 Å². The third-order valence-electron chi connectivity index (χ3n) is 4.10. The number of aryl methyl sites for hydroxylation is 1. The summed E-state index contributed by atoms with van der Waals surface area (Å²) in [6, 6.07) is 13.6. The van der Waals surface area contributed by atoms with E-state index in [0.717, 1.165) is 16.0 Å². The van der Waals surface area contributed by atoms with Crippen molar-refractivity contribution in [3.05, 3.63) is 65.2 Å². The molecule has 2 N–H and O–H groups in total. The lowest BCUT2D eigenvalue weighted by Gasteiger charge is -2.11. The molecule has 0 aromatic heterocycles. The SMILES string of the molecule is Cc1cccc(CC(=O)Nc2cccc(C3NC(=O)N(C)C3=O)c2)c1. The molecule has 4 amide bonds. The first-order valence-electron chi connectivity index (χ1n) is 7.97. The molecule has 1 saturated heterocycles. The Hall–Kier alpha value is -3.15. The van der Waals surface area contributed by atoms with Crippen LogP contribution < -0.4 is 10.6 Å². The third kappa shape index (κ3) is 3.68. The molecular formula is C19H19N3O3. The second-order valence-corrected chi connectivity index (χ2v) is 6.12. The van der Waals surface area contributed by atoms with Gasteiger partial charge < -0.3 is 10.6 Å². The van der Waals surface area contributed by atoms with Gasteiger partial charge in [0, 0.05) is 12.7 Å². The van der Waals surface area contributed by atoms with Crippen molar-refractivity contribution >= 4 is 23.5 Å². The number of urea groups is 1. The van der Waals surface area contributed by atoms with E-state index in [-0.39, 0.29) is 18.2 Å². The summed E-state index contributed by atoms with van der Waals surface area (Å²) in [4.78, 5) is 37.0. The zero-order valence-corrected chi connectivity index (χ0v) is 14.1. The van der Waals surface area contributed by atoms with Crippen LogP contribution in [0.25, 0.3) is 0 Å². The molecule has 6 nitrogen and oxygen atoms in total. The molecule has 25 heavy (non-hydrogen) atoms. The number of carbonyl (C=O) groups is 3. The molecule has 1 atom stereocenters. The number of nitrogens with one attached hydrogen (secondary N) is 2. The van der Waals surface area contributed by atoms with Crippen molar-refractivity contribution in [3.63, 3.8) is 0 Å². The van der Waals surface area contributed by atoms with Crippen LogP contribution in [0.15, 0.2) is 48.5 Å². The van der Waals surface area contributed by atoms with E-state index < -0.39 is 12.1 Å². The maximum absolute atomic E-state index is 12.2. The minimum atomic E-state index is -0.717. The summed E-state index contributed by atoms with van der Waals surface area (Å²) in [6.45, 7) is 1.98. The number of hydrogen-bond donors (Lipinski definition) is 2. The number of likely N-dealkylation sites (N-methyl/N-ethyl adjacent to an activating group) is 1. The van der Waals surface area contributed by atoms with Gasteiger partial charge in [0.25, 0.3) is 5.91 Å². The highest BCUT2D eigenvalue weighted by Gasteiger charge is 2.36. The summed E-state index contributed by atoms with van der Waals surface area (Å²) in [7, 11) is 1.44. The third-order valence-corrected chi connectivity index (χ3v) is 4.10. The first-order chi connectivity index (χ1) is 11.9. The Morgan fingerprint density at radius 2 is 1.92 bits per heavy atom. The van der Waals surface area contributed by atoms with Gasteiger partial charge in [0.15, 0.2) is 0 Å². The van der Waals surface area contributed by atoms with E-state index >= 15 is 0 Å². The molecule has 128 valence electrons. The zero-order chi connectivity index (χ0) is 18.0. The molecule has 1 unspecified atom stereocenters. The van der Waals surface area contributed by atoms with Crippen molar-refractivity contribution < 1.29 is 14.4 Å². The van der Waals surface area contributed by atoms with Crippen molar-refractivity contribution in [3.8, 4) is 0 Å². The van der Waals surface area contributed by atoms with Crippen molar-refractivity contribution in [1.82, 2.24) is 10.2 Å². The van der Waals surface area contributed by atoms with Gasteiger partial charge in [-0.25, -0.2) is 4.79 Å². The molecule has 0 spiro atoms. The monoisotopic (exact) mass is 337 g/mol. The maximum Gasteiger partial charge on any atom is 0.324 e. The number of benzene rings is 2. The number of carbonyl (C=O) groups excluding carboxylic acids is 3. The topological polar surface area (TPSA) is 78.5 Å². The molecule has 1 heterocycles. The normalized spacial score (nSPS) is 16.7. The fourth-order valence-corrected chi connectivity index (χ4v) is 2.81. The van der Waals surface area contributed by atoms with Crippen LogP contribution in [0.4, 0.5) is 10.5 Å². The van der Waals surface area contributed by atoms with Gasteiger partial charge in [0.2, 0.25) is 5.91 Å². The van der Waals surface area contributed by atoms with E-state index in [2.05, 4.69) is 10.6 Å². The Kier molecular flexibility index (Phi) is 4.52. The number of nitrogens with zero attached hydrogens (tertiary/aromatic N) is 1. The van der Waals surface area contributed by atoms with Crippen LogP contribution in [0, 0.1) is 6.92 Å². The fraction of sp³-hybridized carbons (Fsp3) is 0.211. The maximum atomic E-state index is 12.2. The van der Waals surface area contributed by atoms with Gasteiger partial charge >= 0.3 is 6.03 Å². The van der Waals surface area contributed by atoms with Crippen molar-refractivity contribution in [2.45, 2.75) is 19.4 Å². The standard InChI is InChI=1S/C19H19N3O3/c1-12-5-3-6-13(9-12)10-16(23)20-15-8-4-7-14(11-15)17-18(24)22(2)19(25)21-17/h3-9,11,17H,10H2,1-2H3,(H,20,23)(H,21,25). The van der Waals surface area contributed by atoms with E-state index in [1.165, 1.54) is 7.05 Å². The number of rotatable bonds is 4. The summed E-state index contributed by atoms with van der Waals surface area (Å²) in [5.74, 6) is -0.449.